The van der Waals surface area contributed by atoms with E-state index in [9.17, 15) is 33.6 Å². The summed E-state index contributed by atoms with van der Waals surface area (Å²) in [5, 5.41) is 54.9. The van der Waals surface area contributed by atoms with Crippen molar-refractivity contribution in [2.45, 2.75) is 74.3 Å². The predicted octanol–water partition coefficient (Wildman–Crippen LogP) is 2.02. The summed E-state index contributed by atoms with van der Waals surface area (Å²) in [6.45, 7) is 5.13. The zero-order valence-electron chi connectivity index (χ0n) is 21.0. The second kappa shape index (κ2) is 11.5. The standard InChI is InChI=1S/C24H31F3N4O6S/c1-4-24(35,5-2)22(13-10-36-29-11(13)3)38-23-21(34)19(20(33)17(9-32)37-23)31-8-16(28-30-31)12-6-14(25)18(27)15(26)7-12/h6-8,13,17,19-23,32-35H,4-5,9-10H2,1-3H3/t13?,17-,19+,20+,21-,22+,23+/m1/s1. The Bertz CT molecular complexity index is 1140. The van der Waals surface area contributed by atoms with E-state index in [1.165, 1.54) is 6.20 Å². The van der Waals surface area contributed by atoms with E-state index >= 15 is 0 Å². The number of thioether (sulfide) groups is 1. The largest absolute Gasteiger partial charge is 0.395 e. The Morgan fingerprint density at radius 2 is 1.82 bits per heavy atom. The number of hydrogen-bond donors (Lipinski definition) is 4. The minimum atomic E-state index is -1.62. The third-order valence-electron chi connectivity index (χ3n) is 7.34. The van der Waals surface area contributed by atoms with E-state index in [1.807, 2.05) is 13.8 Å². The van der Waals surface area contributed by atoms with Gasteiger partial charge in [-0.05, 0) is 31.9 Å². The summed E-state index contributed by atoms with van der Waals surface area (Å²) in [6, 6.07) is 0.335. The predicted molar refractivity (Wildman–Crippen MR) is 132 cm³/mol. The van der Waals surface area contributed by atoms with Gasteiger partial charge in [0.15, 0.2) is 17.5 Å². The first-order valence-electron chi connectivity index (χ1n) is 12.3. The minimum absolute atomic E-state index is 0.0300. The highest BCUT2D eigenvalue weighted by atomic mass is 32.2. The maximum atomic E-state index is 13.8. The Labute approximate surface area is 221 Å². The molecule has 7 atom stereocenters. The van der Waals surface area contributed by atoms with Gasteiger partial charge in [-0.2, -0.15) is 0 Å². The maximum Gasteiger partial charge on any atom is 0.194 e. The first-order chi connectivity index (χ1) is 18.0. The summed E-state index contributed by atoms with van der Waals surface area (Å²) in [4.78, 5) is 5.25. The fourth-order valence-electron chi connectivity index (χ4n) is 4.86. The lowest BCUT2D eigenvalue weighted by atomic mass is 9.84. The van der Waals surface area contributed by atoms with Crippen LogP contribution in [0.15, 0.2) is 23.5 Å². The lowest BCUT2D eigenvalue weighted by Gasteiger charge is -2.45. The molecule has 0 radical (unpaired) electrons. The van der Waals surface area contributed by atoms with Crippen LogP contribution in [0.25, 0.3) is 11.3 Å². The Hall–Kier alpha value is -2.23. The Morgan fingerprint density at radius 1 is 1.16 bits per heavy atom. The topological polar surface area (TPSA) is 142 Å². The van der Waals surface area contributed by atoms with Crippen molar-refractivity contribution in [2.24, 2.45) is 11.1 Å². The molecule has 0 amide bonds. The molecule has 210 valence electrons. The lowest BCUT2D eigenvalue weighted by Crippen LogP contribution is -2.57. The Morgan fingerprint density at radius 3 is 2.37 bits per heavy atom. The lowest BCUT2D eigenvalue weighted by molar-refractivity contribution is -0.179. The number of hydrogen-bond acceptors (Lipinski definition) is 10. The van der Waals surface area contributed by atoms with Gasteiger partial charge in [-0.1, -0.05) is 24.2 Å². The van der Waals surface area contributed by atoms with Crippen molar-refractivity contribution >= 4 is 17.5 Å². The molecule has 1 aromatic heterocycles. The average molecular weight is 561 g/mol. The molecular formula is C24H31F3N4O6S. The molecule has 4 N–H and O–H groups in total. The van der Waals surface area contributed by atoms with Crippen LogP contribution < -0.4 is 0 Å². The summed E-state index contributed by atoms with van der Waals surface area (Å²) in [7, 11) is 0. The van der Waals surface area contributed by atoms with E-state index in [0.29, 0.717) is 18.6 Å². The molecule has 0 bridgehead atoms. The minimum Gasteiger partial charge on any atom is -0.395 e. The Balaban J connectivity index is 1.66. The van der Waals surface area contributed by atoms with Crippen molar-refractivity contribution in [1.29, 1.82) is 0 Å². The SMILES string of the molecule is CCC(O)(CC)[C@@H](S[C@@H]1O[C@H](CO)[C@H](O)[C@H](n2cc(-c3cc(F)c(F)c(F)c3)nn2)[C@H]1O)C1CON=C1C. The van der Waals surface area contributed by atoms with E-state index in [4.69, 9.17) is 9.57 Å². The van der Waals surface area contributed by atoms with Crippen LogP contribution in [0.5, 0.6) is 0 Å². The van der Waals surface area contributed by atoms with Gasteiger partial charge in [0.05, 0.1) is 30.0 Å². The highest BCUT2D eigenvalue weighted by Crippen LogP contribution is 2.44. The molecule has 2 aromatic rings. The molecule has 0 saturated carbocycles. The van der Waals surface area contributed by atoms with Gasteiger partial charge in [0.2, 0.25) is 0 Å². The van der Waals surface area contributed by atoms with E-state index in [2.05, 4.69) is 15.5 Å². The summed E-state index contributed by atoms with van der Waals surface area (Å²) < 4.78 is 47.9. The van der Waals surface area contributed by atoms with Crippen molar-refractivity contribution in [2.75, 3.05) is 13.2 Å². The zero-order chi connectivity index (χ0) is 27.8. The van der Waals surface area contributed by atoms with Crippen molar-refractivity contribution in [3.63, 3.8) is 0 Å². The fourth-order valence-corrected chi connectivity index (χ4v) is 6.73. The number of aliphatic hydroxyl groups is 4. The van der Waals surface area contributed by atoms with Crippen molar-refractivity contribution in [3.8, 4) is 11.3 Å². The molecule has 3 heterocycles. The molecule has 14 heteroatoms. The number of benzene rings is 1. The molecule has 4 rings (SSSR count). The van der Waals surface area contributed by atoms with Gasteiger partial charge in [0, 0.05) is 10.8 Å². The van der Waals surface area contributed by atoms with Gasteiger partial charge in [0.1, 0.15) is 42.1 Å². The first-order valence-corrected chi connectivity index (χ1v) is 13.2. The number of ether oxygens (including phenoxy) is 1. The molecule has 10 nitrogen and oxygen atoms in total. The van der Waals surface area contributed by atoms with Crippen molar-refractivity contribution < 1.29 is 43.2 Å². The molecule has 2 aliphatic heterocycles. The molecule has 2 aliphatic rings. The average Bonchev–Trinajstić information content (AvgIpc) is 3.55. The van der Waals surface area contributed by atoms with Crippen molar-refractivity contribution in [3.05, 3.63) is 35.8 Å². The first kappa shape index (κ1) is 28.8. The molecule has 1 saturated heterocycles. The van der Waals surface area contributed by atoms with E-state index in [-0.39, 0.29) is 23.8 Å². The highest BCUT2D eigenvalue weighted by molar-refractivity contribution is 8.00. The third kappa shape index (κ3) is 5.29. The van der Waals surface area contributed by atoms with Crippen LogP contribution in [-0.2, 0) is 9.57 Å². The number of oxime groups is 1. The normalized spacial score (nSPS) is 28.7. The van der Waals surface area contributed by atoms with Gasteiger partial charge in [-0.3, -0.25) is 0 Å². The zero-order valence-corrected chi connectivity index (χ0v) is 21.9. The summed E-state index contributed by atoms with van der Waals surface area (Å²) in [5.74, 6) is -4.71. The molecule has 1 aromatic carbocycles. The summed E-state index contributed by atoms with van der Waals surface area (Å²) in [5.41, 5.74) is -1.64. The van der Waals surface area contributed by atoms with Crippen LogP contribution in [0.1, 0.15) is 39.7 Å². The van der Waals surface area contributed by atoms with Gasteiger partial charge < -0.3 is 30.0 Å². The van der Waals surface area contributed by atoms with Crippen LogP contribution in [0.2, 0.25) is 0 Å². The number of rotatable bonds is 9. The highest BCUT2D eigenvalue weighted by Gasteiger charge is 2.51. The van der Waals surface area contributed by atoms with E-state index in [1.54, 1.807) is 6.92 Å². The number of nitrogens with zero attached hydrogens (tertiary/aromatic N) is 4. The number of halogens is 3. The monoisotopic (exact) mass is 560 g/mol. The maximum absolute atomic E-state index is 13.8. The summed E-state index contributed by atoms with van der Waals surface area (Å²) in [6.07, 6.45) is -1.91. The van der Waals surface area contributed by atoms with Crippen LogP contribution >= 0.6 is 11.8 Å². The third-order valence-corrected chi connectivity index (χ3v) is 9.06. The molecule has 1 unspecified atom stereocenters. The van der Waals surface area contributed by atoms with Crippen LogP contribution in [0.4, 0.5) is 13.2 Å². The second-order valence-electron chi connectivity index (χ2n) is 9.54. The molecule has 1 fully saturated rings. The molecule has 0 aliphatic carbocycles. The van der Waals surface area contributed by atoms with E-state index < -0.39 is 64.7 Å². The quantitative estimate of drug-likeness (QED) is 0.339. The van der Waals surface area contributed by atoms with Gasteiger partial charge >= 0.3 is 0 Å². The Kier molecular flexibility index (Phi) is 8.69. The smallest absolute Gasteiger partial charge is 0.194 e. The fraction of sp³-hybridized carbons (Fsp3) is 0.625. The second-order valence-corrected chi connectivity index (χ2v) is 10.8. The van der Waals surface area contributed by atoms with E-state index in [0.717, 1.165) is 28.6 Å². The van der Waals surface area contributed by atoms with Crippen molar-refractivity contribution in [1.82, 2.24) is 15.0 Å². The summed E-state index contributed by atoms with van der Waals surface area (Å²) >= 11 is 1.15. The molecule has 0 spiro atoms. The number of aliphatic hydroxyl groups excluding tert-OH is 3. The van der Waals surface area contributed by atoms with Gasteiger partial charge in [-0.15, -0.1) is 16.9 Å². The van der Waals surface area contributed by atoms with Crippen LogP contribution in [0, 0.1) is 23.4 Å². The van der Waals surface area contributed by atoms with Crippen LogP contribution in [0.3, 0.4) is 0 Å². The van der Waals surface area contributed by atoms with Crippen LogP contribution in [-0.4, -0.2) is 88.9 Å². The molecular weight excluding hydrogens is 529 g/mol. The molecule has 38 heavy (non-hydrogen) atoms. The number of aromatic nitrogens is 3. The van der Waals surface area contributed by atoms with Gasteiger partial charge in [0.25, 0.3) is 0 Å². The van der Waals surface area contributed by atoms with Gasteiger partial charge in [-0.25, -0.2) is 17.9 Å².